The van der Waals surface area contributed by atoms with Crippen molar-refractivity contribution >= 4 is 17.6 Å². The molecule has 0 bridgehead atoms. The third-order valence-corrected chi connectivity index (χ3v) is 3.53. The van der Waals surface area contributed by atoms with Crippen LogP contribution in [0.15, 0.2) is 28.7 Å². The summed E-state index contributed by atoms with van der Waals surface area (Å²) in [6.07, 6.45) is 2.48. The lowest BCUT2D eigenvalue weighted by Gasteiger charge is -2.17. The smallest absolute Gasteiger partial charge is 0.144 e. The molecule has 0 aliphatic carbocycles. The molecule has 0 saturated heterocycles. The fourth-order valence-corrected chi connectivity index (χ4v) is 1.62. The summed E-state index contributed by atoms with van der Waals surface area (Å²) in [6.45, 7) is 7.83. The van der Waals surface area contributed by atoms with E-state index in [-0.39, 0.29) is 4.75 Å². The van der Waals surface area contributed by atoms with Gasteiger partial charge in [-0.25, -0.2) is 0 Å². The fraction of sp³-hybridized carbons (Fsp3) is 0.462. The van der Waals surface area contributed by atoms with E-state index < -0.39 is 11.4 Å². The van der Waals surface area contributed by atoms with Crippen molar-refractivity contribution in [2.75, 3.05) is 0 Å². The van der Waals surface area contributed by atoms with Crippen molar-refractivity contribution < 1.29 is 4.55 Å². The molecule has 0 heterocycles. The number of nitrogens with zero attached hydrogens (tertiary/aromatic N) is 1. The second-order valence-corrected chi connectivity index (χ2v) is 6.77. The van der Waals surface area contributed by atoms with Crippen LogP contribution >= 0.6 is 0 Å². The third-order valence-electron chi connectivity index (χ3n) is 2.14. The largest absolute Gasteiger partial charge is 0.591 e. The van der Waals surface area contributed by atoms with Crippen molar-refractivity contribution in [1.29, 1.82) is 0 Å². The summed E-state index contributed by atoms with van der Waals surface area (Å²) in [5, 5.41) is 0. The van der Waals surface area contributed by atoms with Gasteiger partial charge in [0.15, 0.2) is 0 Å². The number of hydrogen-bond acceptors (Lipinski definition) is 2. The van der Waals surface area contributed by atoms with E-state index in [2.05, 4.69) is 35.6 Å². The third kappa shape index (κ3) is 4.37. The Balaban J connectivity index is 2.52. The molecule has 2 nitrogen and oxygen atoms in total. The summed E-state index contributed by atoms with van der Waals surface area (Å²) in [7, 11) is 0. The molecule has 0 N–H and O–H groups in total. The molecule has 1 aromatic carbocycles. The van der Waals surface area contributed by atoms with Gasteiger partial charge in [-0.15, -0.1) is 0 Å². The van der Waals surface area contributed by atoms with Gasteiger partial charge in [0.1, 0.15) is 16.1 Å². The highest BCUT2D eigenvalue weighted by molar-refractivity contribution is 7.91. The average molecular weight is 237 g/mol. The van der Waals surface area contributed by atoms with Gasteiger partial charge in [-0.05, 0) is 33.3 Å². The highest BCUT2D eigenvalue weighted by atomic mass is 32.2. The highest BCUT2D eigenvalue weighted by Gasteiger charge is 2.25. The van der Waals surface area contributed by atoms with Crippen LogP contribution in [0.4, 0.5) is 0 Å². The Hall–Kier alpha value is -0.800. The second-order valence-electron chi connectivity index (χ2n) is 4.84. The van der Waals surface area contributed by atoms with Gasteiger partial charge >= 0.3 is 0 Å². The SMILES string of the molecule is Cc1ccc(C/C=N/[S@+]([O-])C(C)(C)C)cc1. The van der Waals surface area contributed by atoms with Crippen LogP contribution in [0.5, 0.6) is 0 Å². The monoisotopic (exact) mass is 237 g/mol. The minimum atomic E-state index is -1.15. The van der Waals surface area contributed by atoms with E-state index in [1.54, 1.807) is 6.21 Å². The zero-order chi connectivity index (χ0) is 12.2. The maximum Gasteiger partial charge on any atom is 0.144 e. The summed E-state index contributed by atoms with van der Waals surface area (Å²) < 4.78 is 15.4. The Bertz CT molecular complexity index is 351. The van der Waals surface area contributed by atoms with Crippen LogP contribution in [0.25, 0.3) is 0 Å². The Labute approximate surface area is 101 Å². The highest BCUT2D eigenvalue weighted by Crippen LogP contribution is 2.16. The number of aryl methyl sites for hydroxylation is 1. The first kappa shape index (κ1) is 13.3. The molecule has 1 aromatic rings. The molecule has 1 atom stereocenters. The summed E-state index contributed by atoms with van der Waals surface area (Å²) in [5.41, 5.74) is 2.44. The van der Waals surface area contributed by atoms with Gasteiger partial charge in [0.2, 0.25) is 0 Å². The summed E-state index contributed by atoms with van der Waals surface area (Å²) in [5.74, 6) is 0. The van der Waals surface area contributed by atoms with E-state index in [1.807, 2.05) is 20.8 Å². The van der Waals surface area contributed by atoms with Gasteiger partial charge in [-0.1, -0.05) is 34.2 Å². The molecular weight excluding hydrogens is 218 g/mol. The van der Waals surface area contributed by atoms with Crippen molar-refractivity contribution in [2.45, 2.75) is 38.9 Å². The summed E-state index contributed by atoms with van der Waals surface area (Å²) >= 11 is -1.15. The van der Waals surface area contributed by atoms with E-state index in [0.29, 0.717) is 0 Å². The lowest BCUT2D eigenvalue weighted by atomic mass is 10.1. The first-order chi connectivity index (χ1) is 7.39. The Kier molecular flexibility index (Phi) is 4.56. The quantitative estimate of drug-likeness (QED) is 0.588. The van der Waals surface area contributed by atoms with Crippen molar-refractivity contribution in [2.24, 2.45) is 4.40 Å². The predicted molar refractivity (Wildman–Crippen MR) is 71.3 cm³/mol. The van der Waals surface area contributed by atoms with E-state index in [9.17, 15) is 4.55 Å². The Morgan fingerprint density at radius 2 is 1.81 bits per heavy atom. The molecule has 0 fully saturated rings. The van der Waals surface area contributed by atoms with Crippen molar-refractivity contribution in [3.05, 3.63) is 35.4 Å². The molecular formula is C13H19NOS. The van der Waals surface area contributed by atoms with Crippen LogP contribution in [0.2, 0.25) is 0 Å². The Morgan fingerprint density at radius 1 is 1.25 bits per heavy atom. The van der Waals surface area contributed by atoms with Gasteiger partial charge in [0.05, 0.1) is 6.21 Å². The lowest BCUT2D eigenvalue weighted by molar-refractivity contribution is 0.561. The molecule has 88 valence electrons. The van der Waals surface area contributed by atoms with Crippen LogP contribution in [0.3, 0.4) is 0 Å². The van der Waals surface area contributed by atoms with Gasteiger partial charge < -0.3 is 4.55 Å². The maximum absolute atomic E-state index is 11.6. The molecule has 0 aliphatic heterocycles. The van der Waals surface area contributed by atoms with Crippen LogP contribution in [0.1, 0.15) is 31.9 Å². The Morgan fingerprint density at radius 3 is 2.31 bits per heavy atom. The molecule has 0 unspecified atom stereocenters. The van der Waals surface area contributed by atoms with Crippen LogP contribution in [-0.4, -0.2) is 15.5 Å². The number of benzene rings is 1. The van der Waals surface area contributed by atoms with Crippen molar-refractivity contribution in [3.8, 4) is 0 Å². The zero-order valence-electron chi connectivity index (χ0n) is 10.4. The first-order valence-corrected chi connectivity index (χ1v) is 6.50. The summed E-state index contributed by atoms with van der Waals surface area (Å²) in [6, 6.07) is 8.29. The minimum Gasteiger partial charge on any atom is -0.591 e. The maximum atomic E-state index is 11.6. The normalized spacial score (nSPS) is 14.3. The molecule has 1 rings (SSSR count). The number of hydrogen-bond donors (Lipinski definition) is 0. The first-order valence-electron chi connectivity index (χ1n) is 5.39. The molecule has 0 amide bonds. The summed E-state index contributed by atoms with van der Waals surface area (Å²) in [4.78, 5) is 0. The topological polar surface area (TPSA) is 35.4 Å². The van der Waals surface area contributed by atoms with Crippen molar-refractivity contribution in [1.82, 2.24) is 0 Å². The second kappa shape index (κ2) is 5.51. The van der Waals surface area contributed by atoms with Gasteiger partial charge in [0.25, 0.3) is 0 Å². The van der Waals surface area contributed by atoms with E-state index in [4.69, 9.17) is 0 Å². The number of rotatable bonds is 3. The standard InChI is InChI=1S/C13H19NOS/c1-11-5-7-12(8-6-11)9-10-14-16(15)13(2,3)4/h5-8,10H,9H2,1-4H3/b14-10+/t16-/m1/s1. The molecule has 0 saturated carbocycles. The van der Waals surface area contributed by atoms with Gasteiger partial charge in [0, 0.05) is 6.42 Å². The zero-order valence-corrected chi connectivity index (χ0v) is 11.2. The minimum absolute atomic E-state index is 0.274. The molecule has 16 heavy (non-hydrogen) atoms. The fourth-order valence-electron chi connectivity index (χ4n) is 1.09. The van der Waals surface area contributed by atoms with Gasteiger partial charge in [-0.2, -0.15) is 0 Å². The van der Waals surface area contributed by atoms with Crippen LogP contribution in [0, 0.1) is 6.92 Å². The van der Waals surface area contributed by atoms with E-state index in [1.165, 1.54) is 11.1 Å². The predicted octanol–water partition coefficient (Wildman–Crippen LogP) is 3.07. The molecule has 0 aromatic heterocycles. The molecule has 0 radical (unpaired) electrons. The van der Waals surface area contributed by atoms with E-state index >= 15 is 0 Å². The molecule has 3 heteroatoms. The lowest BCUT2D eigenvalue weighted by Crippen LogP contribution is -2.25. The van der Waals surface area contributed by atoms with Crippen molar-refractivity contribution in [3.63, 3.8) is 0 Å². The average Bonchev–Trinajstić information content (AvgIpc) is 2.19. The van der Waals surface area contributed by atoms with Crippen LogP contribution in [-0.2, 0) is 17.8 Å². The van der Waals surface area contributed by atoms with Crippen LogP contribution < -0.4 is 0 Å². The van der Waals surface area contributed by atoms with Gasteiger partial charge in [-0.3, -0.25) is 0 Å². The van der Waals surface area contributed by atoms with E-state index in [0.717, 1.165) is 6.42 Å². The molecule has 0 aliphatic rings. The molecule has 0 spiro atoms.